The fourth-order valence-electron chi connectivity index (χ4n) is 0.796. The summed E-state index contributed by atoms with van der Waals surface area (Å²) in [5.41, 5.74) is 0.347. The average molecular weight is 173 g/mol. The summed E-state index contributed by atoms with van der Waals surface area (Å²) in [7, 11) is 0. The van der Waals surface area contributed by atoms with E-state index in [1.165, 1.54) is 12.1 Å². The molecule has 62 valence electrons. The number of aldehydes is 1. The average Bonchev–Trinajstić information content (AvgIpc) is 2.15. The van der Waals surface area contributed by atoms with Crippen molar-refractivity contribution >= 4 is 6.29 Å². The van der Waals surface area contributed by atoms with Gasteiger partial charge in [-0.2, -0.15) is 5.26 Å². The molecule has 1 rings (SSSR count). The van der Waals surface area contributed by atoms with E-state index in [0.717, 1.165) is 6.07 Å². The highest BCUT2D eigenvalue weighted by Gasteiger charge is 1.99. The molecule has 0 saturated carbocycles. The Kier molecular flexibility index (Phi) is 2.78. The molecule has 0 aliphatic heterocycles. The van der Waals surface area contributed by atoms with E-state index in [1.54, 1.807) is 6.07 Å². The lowest BCUT2D eigenvalue weighted by Crippen LogP contribution is -1.84. The van der Waals surface area contributed by atoms with Gasteiger partial charge >= 0.3 is 0 Å². The van der Waals surface area contributed by atoms with Crippen LogP contribution >= 0.6 is 0 Å². The van der Waals surface area contributed by atoms with E-state index in [4.69, 9.17) is 5.26 Å². The van der Waals surface area contributed by atoms with E-state index in [0.29, 0.717) is 11.8 Å². The van der Waals surface area contributed by atoms with Crippen molar-refractivity contribution in [2.75, 3.05) is 0 Å². The molecule has 2 nitrogen and oxygen atoms in total. The van der Waals surface area contributed by atoms with Crippen molar-refractivity contribution in [3.63, 3.8) is 0 Å². The van der Waals surface area contributed by atoms with Crippen LogP contribution in [0.1, 0.15) is 11.1 Å². The first-order valence-electron chi connectivity index (χ1n) is 3.43. The Balaban J connectivity index is 3.11. The number of carbonyl (C=O) groups is 1. The van der Waals surface area contributed by atoms with Crippen LogP contribution < -0.4 is 0 Å². The van der Waals surface area contributed by atoms with Crippen molar-refractivity contribution in [2.24, 2.45) is 0 Å². The Morgan fingerprint density at radius 1 is 1.46 bits per heavy atom. The molecule has 0 aromatic heterocycles. The highest BCUT2D eigenvalue weighted by Crippen LogP contribution is 2.07. The number of benzene rings is 1. The molecule has 0 spiro atoms. The number of carbonyl (C=O) groups excluding carboxylic acids is 1. The third kappa shape index (κ3) is 2.15. The lowest BCUT2D eigenvalue weighted by molar-refractivity contribution is -0.103. The van der Waals surface area contributed by atoms with Crippen molar-refractivity contribution in [1.82, 2.24) is 0 Å². The van der Waals surface area contributed by atoms with Crippen molar-refractivity contribution in [3.8, 4) is 17.9 Å². The van der Waals surface area contributed by atoms with Gasteiger partial charge in [-0.05, 0) is 24.1 Å². The predicted octanol–water partition coefficient (Wildman–Crippen LogP) is 1.25. The maximum Gasteiger partial charge on any atom is 0.193 e. The second-order valence-electron chi connectivity index (χ2n) is 2.19. The Bertz CT molecular complexity index is 434. The number of nitrogens with zero attached hydrogens (tertiary/aromatic N) is 1. The topological polar surface area (TPSA) is 40.9 Å². The second-order valence-corrected chi connectivity index (χ2v) is 2.19. The molecule has 0 unspecified atom stereocenters. The summed E-state index contributed by atoms with van der Waals surface area (Å²) in [6, 6.07) is 5.61. The molecule has 0 saturated heterocycles. The van der Waals surface area contributed by atoms with Crippen molar-refractivity contribution in [1.29, 1.82) is 5.26 Å². The first-order valence-corrected chi connectivity index (χ1v) is 3.43. The minimum Gasteiger partial charge on any atom is -0.289 e. The van der Waals surface area contributed by atoms with Crippen molar-refractivity contribution in [3.05, 3.63) is 35.1 Å². The maximum absolute atomic E-state index is 12.9. The summed E-state index contributed by atoms with van der Waals surface area (Å²) in [6.45, 7) is 0. The number of hydrogen-bond acceptors (Lipinski definition) is 2. The molecule has 0 aliphatic rings. The molecule has 0 N–H and O–H groups in total. The largest absolute Gasteiger partial charge is 0.289 e. The molecule has 0 radical (unpaired) electrons. The Morgan fingerprint density at radius 2 is 2.23 bits per heavy atom. The van der Waals surface area contributed by atoms with Gasteiger partial charge in [0.25, 0.3) is 0 Å². The number of halogens is 1. The SMILES string of the molecule is N#Cc1ccc(C#CC=O)cc1F. The number of rotatable bonds is 0. The summed E-state index contributed by atoms with van der Waals surface area (Å²) < 4.78 is 12.9. The molecule has 0 heterocycles. The molecular formula is C10H4FNO. The molecular weight excluding hydrogens is 169 g/mol. The summed E-state index contributed by atoms with van der Waals surface area (Å²) >= 11 is 0. The van der Waals surface area contributed by atoms with Crippen LogP contribution in [0.15, 0.2) is 18.2 Å². The lowest BCUT2D eigenvalue weighted by Gasteiger charge is -1.92. The van der Waals surface area contributed by atoms with Gasteiger partial charge in [-0.3, -0.25) is 4.79 Å². The van der Waals surface area contributed by atoms with Gasteiger partial charge in [0.05, 0.1) is 5.56 Å². The minimum atomic E-state index is -0.625. The molecule has 1 aromatic rings. The number of hydrogen-bond donors (Lipinski definition) is 0. The normalized spacial score (nSPS) is 8.00. The fourth-order valence-corrected chi connectivity index (χ4v) is 0.796. The van der Waals surface area contributed by atoms with E-state index < -0.39 is 5.82 Å². The standard InChI is InChI=1S/C10H4FNO/c11-10-6-8(2-1-5-13)3-4-9(10)7-12/h3-6H. The van der Waals surface area contributed by atoms with E-state index in [1.807, 2.05) is 0 Å². The fraction of sp³-hybridized carbons (Fsp3) is 0. The monoisotopic (exact) mass is 173 g/mol. The highest BCUT2D eigenvalue weighted by molar-refractivity contribution is 5.73. The maximum atomic E-state index is 12.9. The molecule has 0 amide bonds. The van der Waals surface area contributed by atoms with Gasteiger partial charge in [0.1, 0.15) is 11.9 Å². The zero-order valence-electron chi connectivity index (χ0n) is 6.54. The van der Waals surface area contributed by atoms with Crippen LogP contribution in [0.2, 0.25) is 0 Å². The third-order valence-electron chi connectivity index (χ3n) is 1.36. The predicted molar refractivity (Wildman–Crippen MR) is 44.1 cm³/mol. The summed E-state index contributed by atoms with van der Waals surface area (Å²) in [4.78, 5) is 9.87. The van der Waals surface area contributed by atoms with Gasteiger partial charge in [0, 0.05) is 5.56 Å². The van der Waals surface area contributed by atoms with Crippen LogP contribution in [0.4, 0.5) is 4.39 Å². The van der Waals surface area contributed by atoms with Crippen molar-refractivity contribution < 1.29 is 9.18 Å². The van der Waals surface area contributed by atoms with Crippen LogP contribution in [-0.4, -0.2) is 6.29 Å². The quantitative estimate of drug-likeness (QED) is 0.437. The van der Waals surface area contributed by atoms with Gasteiger partial charge in [0.2, 0.25) is 0 Å². The molecule has 3 heteroatoms. The molecule has 13 heavy (non-hydrogen) atoms. The zero-order valence-corrected chi connectivity index (χ0v) is 6.54. The Labute approximate surface area is 74.6 Å². The Hall–Kier alpha value is -2.13. The van der Waals surface area contributed by atoms with Crippen LogP contribution in [0.25, 0.3) is 0 Å². The summed E-state index contributed by atoms with van der Waals surface area (Å²) in [6.07, 6.45) is 0.427. The summed E-state index contributed by atoms with van der Waals surface area (Å²) in [5, 5.41) is 8.40. The first-order chi connectivity index (χ1) is 6.27. The molecule has 0 bridgehead atoms. The van der Waals surface area contributed by atoms with Gasteiger partial charge in [0.15, 0.2) is 6.29 Å². The van der Waals surface area contributed by atoms with Gasteiger partial charge in [-0.1, -0.05) is 5.92 Å². The smallest absolute Gasteiger partial charge is 0.193 e. The summed E-state index contributed by atoms with van der Waals surface area (Å²) in [5.74, 6) is 3.94. The van der Waals surface area contributed by atoms with Gasteiger partial charge < -0.3 is 0 Å². The van der Waals surface area contributed by atoms with Gasteiger partial charge in [-0.25, -0.2) is 4.39 Å². The molecule has 0 fully saturated rings. The van der Waals surface area contributed by atoms with Crippen LogP contribution in [0.3, 0.4) is 0 Å². The van der Waals surface area contributed by atoms with Crippen LogP contribution in [-0.2, 0) is 4.79 Å². The van der Waals surface area contributed by atoms with Crippen molar-refractivity contribution in [2.45, 2.75) is 0 Å². The third-order valence-corrected chi connectivity index (χ3v) is 1.36. The highest BCUT2D eigenvalue weighted by atomic mass is 19.1. The molecule has 1 aromatic carbocycles. The first kappa shape index (κ1) is 8.96. The second kappa shape index (κ2) is 4.04. The number of nitriles is 1. The minimum absolute atomic E-state index is 0.0309. The lowest BCUT2D eigenvalue weighted by atomic mass is 10.1. The van der Waals surface area contributed by atoms with Crippen LogP contribution in [0, 0.1) is 29.0 Å². The molecule has 0 aliphatic carbocycles. The van der Waals surface area contributed by atoms with Gasteiger partial charge in [-0.15, -0.1) is 0 Å². The zero-order chi connectivity index (χ0) is 9.68. The van der Waals surface area contributed by atoms with E-state index >= 15 is 0 Å². The van der Waals surface area contributed by atoms with E-state index in [-0.39, 0.29) is 5.56 Å². The van der Waals surface area contributed by atoms with Crippen LogP contribution in [0.5, 0.6) is 0 Å². The Morgan fingerprint density at radius 3 is 2.77 bits per heavy atom. The molecule has 0 atom stereocenters. The van der Waals surface area contributed by atoms with E-state index in [2.05, 4.69) is 11.8 Å². The van der Waals surface area contributed by atoms with E-state index in [9.17, 15) is 9.18 Å².